The maximum Gasteiger partial charge on any atom is 0.134 e. The molecular weight excluding hydrogens is 272 g/mol. The summed E-state index contributed by atoms with van der Waals surface area (Å²) in [6.45, 7) is 6.53. The molecular formula is C20H28O2. The first kappa shape index (κ1) is 14.7. The molecule has 0 saturated heterocycles. The Balaban J connectivity index is 1.70. The van der Waals surface area contributed by atoms with Gasteiger partial charge in [0, 0.05) is 12.8 Å². The van der Waals surface area contributed by atoms with Crippen molar-refractivity contribution in [2.24, 2.45) is 28.6 Å². The highest BCUT2D eigenvalue weighted by molar-refractivity contribution is 5.82. The number of Topliss-reactive ketones (excluding diaryl/α,β-unsaturated/α-hetero) is 1. The third-order valence-electron chi connectivity index (χ3n) is 7.71. The third kappa shape index (κ3) is 1.86. The number of ketones is 1. The molecule has 0 heterocycles. The fourth-order valence-corrected chi connectivity index (χ4v) is 6.47. The van der Waals surface area contributed by atoms with Crippen molar-refractivity contribution in [1.82, 2.24) is 0 Å². The lowest BCUT2D eigenvalue weighted by atomic mass is 9.48. The van der Waals surface area contributed by atoms with Gasteiger partial charge in [0.05, 0.1) is 6.10 Å². The Kier molecular flexibility index (Phi) is 3.21. The fraction of sp³-hybridized carbons (Fsp3) is 0.750. The van der Waals surface area contributed by atoms with E-state index in [0.29, 0.717) is 23.5 Å². The number of rotatable bonds is 1. The van der Waals surface area contributed by atoms with Crippen LogP contribution in [0.25, 0.3) is 0 Å². The van der Waals surface area contributed by atoms with Gasteiger partial charge in [-0.15, -0.1) is 6.58 Å². The van der Waals surface area contributed by atoms with Gasteiger partial charge < -0.3 is 5.11 Å². The van der Waals surface area contributed by atoms with E-state index in [1.165, 1.54) is 12.0 Å². The van der Waals surface area contributed by atoms with E-state index in [-0.39, 0.29) is 16.9 Å². The standard InChI is InChI=1S/C20H28O2/c1-3-20-9-7-17-16(18(20)11-15(22)12-20)5-4-13-10-14(21)6-8-19(13,17)2/h3-4,14,16-18,21H,1,5-12H2,2H3/t14-,16+,17-,18-,19-,20+/m0/s1. The summed E-state index contributed by atoms with van der Waals surface area (Å²) in [5.74, 6) is 2.30. The molecule has 4 rings (SSSR count). The van der Waals surface area contributed by atoms with E-state index in [1.54, 1.807) is 0 Å². The van der Waals surface area contributed by atoms with Crippen LogP contribution >= 0.6 is 0 Å². The summed E-state index contributed by atoms with van der Waals surface area (Å²) in [4.78, 5) is 12.2. The summed E-state index contributed by atoms with van der Waals surface area (Å²) in [5.41, 5.74) is 1.86. The van der Waals surface area contributed by atoms with E-state index in [0.717, 1.165) is 44.9 Å². The molecule has 0 amide bonds. The Bertz CT molecular complexity index is 548. The number of fused-ring (bicyclic) bond motifs is 5. The average Bonchev–Trinajstić information content (AvgIpc) is 2.85. The number of aliphatic hydroxyl groups is 1. The van der Waals surface area contributed by atoms with Gasteiger partial charge in [-0.1, -0.05) is 24.6 Å². The minimum atomic E-state index is -0.139. The summed E-state index contributed by atoms with van der Waals surface area (Å²) in [7, 11) is 0. The van der Waals surface area contributed by atoms with E-state index in [2.05, 4.69) is 25.7 Å². The first-order valence-corrected chi connectivity index (χ1v) is 9.01. The molecule has 4 aliphatic rings. The Morgan fingerprint density at radius 1 is 1.27 bits per heavy atom. The quantitative estimate of drug-likeness (QED) is 0.742. The van der Waals surface area contributed by atoms with Gasteiger partial charge in [0.1, 0.15) is 5.78 Å². The van der Waals surface area contributed by atoms with Crippen molar-refractivity contribution >= 4 is 5.78 Å². The highest BCUT2D eigenvalue weighted by Crippen LogP contribution is 2.64. The minimum absolute atomic E-state index is 0.0914. The Morgan fingerprint density at radius 2 is 2.09 bits per heavy atom. The second-order valence-electron chi connectivity index (χ2n) is 8.55. The largest absolute Gasteiger partial charge is 0.393 e. The van der Waals surface area contributed by atoms with Crippen molar-refractivity contribution < 1.29 is 9.90 Å². The second kappa shape index (κ2) is 4.80. The number of aliphatic hydroxyl groups excluding tert-OH is 1. The molecule has 0 aromatic rings. The zero-order valence-electron chi connectivity index (χ0n) is 13.7. The Hall–Kier alpha value is -0.890. The van der Waals surface area contributed by atoms with Crippen LogP contribution < -0.4 is 0 Å². The summed E-state index contributed by atoms with van der Waals surface area (Å²) >= 11 is 0. The van der Waals surface area contributed by atoms with E-state index in [4.69, 9.17) is 0 Å². The summed E-state index contributed by atoms with van der Waals surface area (Å²) < 4.78 is 0. The molecule has 2 heteroatoms. The topological polar surface area (TPSA) is 37.3 Å². The van der Waals surface area contributed by atoms with E-state index < -0.39 is 0 Å². The van der Waals surface area contributed by atoms with Crippen molar-refractivity contribution in [1.29, 1.82) is 0 Å². The molecule has 0 aromatic carbocycles. The first-order valence-electron chi connectivity index (χ1n) is 9.01. The van der Waals surface area contributed by atoms with Crippen molar-refractivity contribution in [3.05, 3.63) is 24.3 Å². The zero-order chi connectivity index (χ0) is 15.5. The van der Waals surface area contributed by atoms with Gasteiger partial charge in [0.15, 0.2) is 0 Å². The van der Waals surface area contributed by atoms with Gasteiger partial charge in [0.2, 0.25) is 0 Å². The number of hydrogen-bond donors (Lipinski definition) is 1. The maximum atomic E-state index is 12.2. The van der Waals surface area contributed by atoms with Crippen LogP contribution in [0.15, 0.2) is 24.3 Å². The molecule has 2 nitrogen and oxygen atoms in total. The van der Waals surface area contributed by atoms with Gasteiger partial charge >= 0.3 is 0 Å². The molecule has 4 aliphatic carbocycles. The van der Waals surface area contributed by atoms with Gasteiger partial charge in [-0.3, -0.25) is 4.79 Å². The normalized spacial score (nSPS) is 50.6. The van der Waals surface area contributed by atoms with Crippen LogP contribution in [0, 0.1) is 28.6 Å². The van der Waals surface area contributed by atoms with Gasteiger partial charge in [-0.25, -0.2) is 0 Å². The lowest BCUT2D eigenvalue weighted by molar-refractivity contribution is -0.118. The number of carbonyl (C=O) groups is 1. The molecule has 0 radical (unpaired) electrons. The predicted molar refractivity (Wildman–Crippen MR) is 87.2 cm³/mol. The molecule has 120 valence electrons. The summed E-state index contributed by atoms with van der Waals surface area (Å²) in [6, 6.07) is 0. The molecule has 22 heavy (non-hydrogen) atoms. The minimum Gasteiger partial charge on any atom is -0.393 e. The van der Waals surface area contributed by atoms with E-state index >= 15 is 0 Å². The SMILES string of the molecule is C=C[C@]12CC[C@H]3[C@@H](CC=C4C[C@@H](O)CC[C@@]43C)[C@@H]1CC(=O)C2. The molecule has 1 N–H and O–H groups in total. The first-order chi connectivity index (χ1) is 10.5. The van der Waals surface area contributed by atoms with Gasteiger partial charge in [-0.05, 0) is 67.1 Å². The van der Waals surface area contributed by atoms with Gasteiger partial charge in [-0.2, -0.15) is 0 Å². The van der Waals surface area contributed by atoms with Crippen LogP contribution in [0.3, 0.4) is 0 Å². The number of hydrogen-bond acceptors (Lipinski definition) is 2. The molecule has 0 aliphatic heterocycles. The highest BCUT2D eigenvalue weighted by atomic mass is 16.3. The molecule has 0 unspecified atom stereocenters. The summed E-state index contributed by atoms with van der Waals surface area (Å²) in [6.07, 6.45) is 12.3. The van der Waals surface area contributed by atoms with Crippen molar-refractivity contribution in [2.75, 3.05) is 0 Å². The molecule has 3 saturated carbocycles. The number of carbonyl (C=O) groups excluding carboxylic acids is 1. The van der Waals surface area contributed by atoms with Crippen LogP contribution in [0.5, 0.6) is 0 Å². The Morgan fingerprint density at radius 3 is 2.86 bits per heavy atom. The highest BCUT2D eigenvalue weighted by Gasteiger charge is 2.58. The van der Waals surface area contributed by atoms with Crippen LogP contribution in [0.1, 0.15) is 58.3 Å². The molecule has 0 spiro atoms. The molecule has 0 bridgehead atoms. The van der Waals surface area contributed by atoms with Crippen molar-refractivity contribution in [2.45, 2.75) is 64.4 Å². The van der Waals surface area contributed by atoms with Crippen molar-refractivity contribution in [3.8, 4) is 0 Å². The second-order valence-corrected chi connectivity index (χ2v) is 8.55. The lowest BCUT2D eigenvalue weighted by Gasteiger charge is -2.57. The monoisotopic (exact) mass is 300 g/mol. The lowest BCUT2D eigenvalue weighted by Crippen LogP contribution is -2.49. The van der Waals surface area contributed by atoms with Crippen LogP contribution in [-0.2, 0) is 4.79 Å². The van der Waals surface area contributed by atoms with E-state index in [9.17, 15) is 9.90 Å². The smallest absolute Gasteiger partial charge is 0.134 e. The van der Waals surface area contributed by atoms with Crippen LogP contribution in [0.2, 0.25) is 0 Å². The molecule has 6 atom stereocenters. The van der Waals surface area contributed by atoms with E-state index in [1.807, 2.05) is 0 Å². The average molecular weight is 300 g/mol. The Labute approximate surface area is 133 Å². The van der Waals surface area contributed by atoms with Gasteiger partial charge in [0.25, 0.3) is 0 Å². The van der Waals surface area contributed by atoms with Crippen LogP contribution in [0.4, 0.5) is 0 Å². The molecule has 3 fully saturated rings. The summed E-state index contributed by atoms with van der Waals surface area (Å²) in [5, 5.41) is 10.0. The van der Waals surface area contributed by atoms with Crippen molar-refractivity contribution in [3.63, 3.8) is 0 Å². The number of allylic oxidation sites excluding steroid dienone is 2. The third-order valence-corrected chi connectivity index (χ3v) is 7.71. The maximum absolute atomic E-state index is 12.2. The predicted octanol–water partition coefficient (Wildman–Crippen LogP) is 4.05. The van der Waals surface area contributed by atoms with Crippen LogP contribution in [-0.4, -0.2) is 17.0 Å². The molecule has 0 aromatic heterocycles. The zero-order valence-corrected chi connectivity index (χ0v) is 13.7. The fourth-order valence-electron chi connectivity index (χ4n) is 6.47.